The molecule has 3 rings (SSSR count). The number of rotatable bonds is 7. The van der Waals surface area contributed by atoms with Crippen molar-refractivity contribution in [2.24, 2.45) is 0 Å². The number of carbonyl (C=O) groups is 1. The number of amides is 1. The highest BCUT2D eigenvalue weighted by Crippen LogP contribution is 2.26. The fourth-order valence-electron chi connectivity index (χ4n) is 2.86. The van der Waals surface area contributed by atoms with Gasteiger partial charge in [0, 0.05) is 23.8 Å². The molecule has 0 aliphatic heterocycles. The van der Waals surface area contributed by atoms with Crippen LogP contribution in [0.5, 0.6) is 5.75 Å². The average Bonchev–Trinajstić information content (AvgIpc) is 2.60. The van der Waals surface area contributed by atoms with E-state index in [9.17, 15) is 4.79 Å². The van der Waals surface area contributed by atoms with Crippen LogP contribution in [0.3, 0.4) is 0 Å². The van der Waals surface area contributed by atoms with Crippen molar-refractivity contribution in [3.05, 3.63) is 60.2 Å². The summed E-state index contributed by atoms with van der Waals surface area (Å²) < 4.78 is 10.7. The van der Waals surface area contributed by atoms with E-state index in [1.54, 1.807) is 0 Å². The van der Waals surface area contributed by atoms with Gasteiger partial charge in [0.05, 0.1) is 6.61 Å². The summed E-state index contributed by atoms with van der Waals surface area (Å²) in [7, 11) is 0. The number of ether oxygens (including phenoxy) is 2. The van der Waals surface area contributed by atoms with Crippen LogP contribution in [0.1, 0.15) is 25.3 Å². The van der Waals surface area contributed by atoms with Gasteiger partial charge in [0.1, 0.15) is 12.4 Å². The van der Waals surface area contributed by atoms with E-state index in [4.69, 9.17) is 9.47 Å². The Morgan fingerprint density at radius 1 is 1.08 bits per heavy atom. The number of hydrogen-bond acceptors (Lipinski definition) is 4. The number of alkyl carbamates (subject to hydrolysis) is 1. The lowest BCUT2D eigenvalue weighted by Gasteiger charge is -2.36. The minimum absolute atomic E-state index is 0.163. The van der Waals surface area contributed by atoms with Crippen LogP contribution in [0.15, 0.2) is 54.6 Å². The van der Waals surface area contributed by atoms with Gasteiger partial charge in [0.25, 0.3) is 0 Å². The molecule has 0 aromatic heterocycles. The maximum Gasteiger partial charge on any atom is 0.407 e. The SMILES string of the molecule is CCOc1cccc(NC2CC(NC(=O)OCc3ccccc3)C2)c1. The number of anilines is 1. The smallest absolute Gasteiger partial charge is 0.407 e. The van der Waals surface area contributed by atoms with Crippen molar-refractivity contribution in [2.45, 2.75) is 38.5 Å². The quantitative estimate of drug-likeness (QED) is 0.801. The van der Waals surface area contributed by atoms with Gasteiger partial charge < -0.3 is 20.1 Å². The van der Waals surface area contributed by atoms with Crippen LogP contribution in [-0.4, -0.2) is 24.8 Å². The van der Waals surface area contributed by atoms with Crippen LogP contribution in [0.25, 0.3) is 0 Å². The molecule has 0 radical (unpaired) electrons. The van der Waals surface area contributed by atoms with Gasteiger partial charge in [0.2, 0.25) is 0 Å². The van der Waals surface area contributed by atoms with Crippen LogP contribution in [0, 0.1) is 0 Å². The third-order valence-electron chi connectivity index (χ3n) is 4.19. The summed E-state index contributed by atoms with van der Waals surface area (Å²) in [5.74, 6) is 0.867. The highest BCUT2D eigenvalue weighted by molar-refractivity contribution is 5.67. The second kappa shape index (κ2) is 8.42. The summed E-state index contributed by atoms with van der Waals surface area (Å²) in [5.41, 5.74) is 2.03. The number of benzene rings is 2. The molecule has 25 heavy (non-hydrogen) atoms. The van der Waals surface area contributed by atoms with Gasteiger partial charge in [0.15, 0.2) is 0 Å². The first-order valence-corrected chi connectivity index (χ1v) is 8.69. The van der Waals surface area contributed by atoms with E-state index in [0.717, 1.165) is 29.8 Å². The molecule has 0 heterocycles. The highest BCUT2D eigenvalue weighted by Gasteiger charge is 2.30. The van der Waals surface area contributed by atoms with E-state index in [1.807, 2.05) is 61.5 Å². The van der Waals surface area contributed by atoms with Crippen molar-refractivity contribution in [1.82, 2.24) is 5.32 Å². The van der Waals surface area contributed by atoms with Crippen molar-refractivity contribution >= 4 is 11.8 Å². The average molecular weight is 340 g/mol. The molecule has 0 atom stereocenters. The molecular weight excluding hydrogens is 316 g/mol. The first-order valence-electron chi connectivity index (χ1n) is 8.69. The predicted molar refractivity (Wildman–Crippen MR) is 97.8 cm³/mol. The normalized spacial score (nSPS) is 18.8. The van der Waals surface area contributed by atoms with Crippen molar-refractivity contribution in [2.75, 3.05) is 11.9 Å². The lowest BCUT2D eigenvalue weighted by atomic mass is 9.86. The van der Waals surface area contributed by atoms with E-state index < -0.39 is 0 Å². The van der Waals surface area contributed by atoms with Crippen molar-refractivity contribution in [3.8, 4) is 5.75 Å². The first kappa shape index (κ1) is 17.1. The van der Waals surface area contributed by atoms with Crippen LogP contribution in [0.2, 0.25) is 0 Å². The predicted octanol–water partition coefficient (Wildman–Crippen LogP) is 3.95. The Bertz CT molecular complexity index is 684. The first-order chi connectivity index (χ1) is 12.2. The number of nitrogens with one attached hydrogen (secondary N) is 2. The van der Waals surface area contributed by atoms with Crippen molar-refractivity contribution < 1.29 is 14.3 Å². The molecule has 132 valence electrons. The molecule has 5 heteroatoms. The molecule has 0 unspecified atom stereocenters. The van der Waals surface area contributed by atoms with Gasteiger partial charge in [-0.2, -0.15) is 0 Å². The second-order valence-electron chi connectivity index (χ2n) is 6.18. The minimum Gasteiger partial charge on any atom is -0.494 e. The van der Waals surface area contributed by atoms with Gasteiger partial charge in [-0.15, -0.1) is 0 Å². The van der Waals surface area contributed by atoms with E-state index >= 15 is 0 Å². The molecule has 0 bridgehead atoms. The second-order valence-corrected chi connectivity index (χ2v) is 6.18. The lowest BCUT2D eigenvalue weighted by Crippen LogP contribution is -2.49. The molecule has 2 aromatic carbocycles. The van der Waals surface area contributed by atoms with Gasteiger partial charge in [-0.25, -0.2) is 4.79 Å². The molecule has 1 aliphatic carbocycles. The van der Waals surface area contributed by atoms with E-state index in [0.29, 0.717) is 19.3 Å². The number of hydrogen-bond donors (Lipinski definition) is 2. The Kier molecular flexibility index (Phi) is 5.77. The summed E-state index contributed by atoms with van der Waals surface area (Å²) in [6, 6.07) is 18.1. The van der Waals surface area contributed by atoms with Crippen LogP contribution in [0.4, 0.5) is 10.5 Å². The van der Waals surface area contributed by atoms with Gasteiger partial charge in [-0.3, -0.25) is 0 Å². The van der Waals surface area contributed by atoms with Crippen LogP contribution < -0.4 is 15.4 Å². The summed E-state index contributed by atoms with van der Waals surface area (Å²) in [4.78, 5) is 11.8. The molecule has 5 nitrogen and oxygen atoms in total. The molecule has 2 aromatic rings. The Balaban J connectivity index is 1.36. The zero-order valence-electron chi connectivity index (χ0n) is 14.4. The maximum absolute atomic E-state index is 11.8. The molecule has 2 N–H and O–H groups in total. The standard InChI is InChI=1S/C20H24N2O3/c1-2-24-19-10-6-9-16(13-19)21-17-11-18(12-17)22-20(23)25-14-15-7-4-3-5-8-15/h3-10,13,17-18,21H,2,11-12,14H2,1H3,(H,22,23). The molecule has 1 fully saturated rings. The Morgan fingerprint density at radius 2 is 1.88 bits per heavy atom. The highest BCUT2D eigenvalue weighted by atomic mass is 16.5. The Morgan fingerprint density at radius 3 is 2.64 bits per heavy atom. The van der Waals surface area contributed by atoms with Crippen LogP contribution >= 0.6 is 0 Å². The third-order valence-corrected chi connectivity index (χ3v) is 4.19. The van der Waals surface area contributed by atoms with E-state index in [-0.39, 0.29) is 12.1 Å². The monoisotopic (exact) mass is 340 g/mol. The molecule has 0 spiro atoms. The fourth-order valence-corrected chi connectivity index (χ4v) is 2.86. The summed E-state index contributed by atoms with van der Waals surface area (Å²) >= 11 is 0. The Hall–Kier alpha value is -2.69. The minimum atomic E-state index is -0.356. The lowest BCUT2D eigenvalue weighted by molar-refractivity contribution is 0.129. The largest absolute Gasteiger partial charge is 0.494 e. The zero-order valence-corrected chi connectivity index (χ0v) is 14.4. The summed E-state index contributed by atoms with van der Waals surface area (Å²) in [5, 5.41) is 6.37. The molecule has 1 saturated carbocycles. The topological polar surface area (TPSA) is 59.6 Å². The van der Waals surface area contributed by atoms with Gasteiger partial charge in [-0.1, -0.05) is 36.4 Å². The molecule has 1 amide bonds. The van der Waals surface area contributed by atoms with Gasteiger partial charge >= 0.3 is 6.09 Å². The fraction of sp³-hybridized carbons (Fsp3) is 0.350. The van der Waals surface area contributed by atoms with E-state index in [1.165, 1.54) is 0 Å². The van der Waals surface area contributed by atoms with Crippen molar-refractivity contribution in [1.29, 1.82) is 0 Å². The molecular formula is C20H24N2O3. The summed E-state index contributed by atoms with van der Waals surface area (Å²) in [6.07, 6.45) is 1.42. The van der Waals surface area contributed by atoms with Gasteiger partial charge in [-0.05, 0) is 37.5 Å². The molecule has 0 saturated heterocycles. The Labute approximate surface area is 148 Å². The summed E-state index contributed by atoms with van der Waals surface area (Å²) in [6.45, 7) is 2.93. The van der Waals surface area contributed by atoms with E-state index in [2.05, 4.69) is 10.6 Å². The number of carbonyl (C=O) groups excluding carboxylic acids is 1. The molecule has 1 aliphatic rings. The zero-order chi connectivity index (χ0) is 17.5. The van der Waals surface area contributed by atoms with Crippen molar-refractivity contribution in [3.63, 3.8) is 0 Å². The maximum atomic E-state index is 11.8. The van der Waals surface area contributed by atoms with Crippen LogP contribution in [-0.2, 0) is 11.3 Å². The third kappa shape index (κ3) is 5.14.